The van der Waals surface area contributed by atoms with E-state index in [-0.39, 0.29) is 49.0 Å². The average molecular weight is 435 g/mol. The van der Waals surface area contributed by atoms with Gasteiger partial charge in [-0.25, -0.2) is 22.0 Å². The smallest absolute Gasteiger partial charge is 0.317 e. The van der Waals surface area contributed by atoms with E-state index in [9.17, 15) is 22.0 Å². The summed E-state index contributed by atoms with van der Waals surface area (Å²) in [6.07, 6.45) is 1.99. The third-order valence-electron chi connectivity index (χ3n) is 5.58. The standard InChI is InChI=1S/C21H23F2N3O3S/c22-17-9-7-16(8-10-17)20(15-5-6-15)24-21(27)25-11-13-26(14-12-25)30(28,29)19-4-2-1-3-18(19)23/h1-4,7-10,15,20H,5-6,11-14H2,(H,24,27). The Bertz CT molecular complexity index is 1020. The van der Waals surface area contributed by atoms with E-state index in [0.29, 0.717) is 5.92 Å². The van der Waals surface area contributed by atoms with E-state index < -0.39 is 15.8 Å². The molecule has 4 rings (SSSR count). The molecule has 6 nitrogen and oxygen atoms in total. The van der Waals surface area contributed by atoms with Gasteiger partial charge in [0, 0.05) is 26.2 Å². The zero-order valence-corrected chi connectivity index (χ0v) is 17.1. The lowest BCUT2D eigenvalue weighted by Crippen LogP contribution is -2.53. The van der Waals surface area contributed by atoms with Crippen LogP contribution >= 0.6 is 0 Å². The topological polar surface area (TPSA) is 69.7 Å². The number of piperazine rings is 1. The Morgan fingerprint density at radius 1 is 0.967 bits per heavy atom. The number of halogens is 2. The summed E-state index contributed by atoms with van der Waals surface area (Å²) in [6.45, 7) is 0.601. The maximum atomic E-state index is 14.0. The van der Waals surface area contributed by atoms with Gasteiger partial charge >= 0.3 is 6.03 Å². The fourth-order valence-corrected chi connectivity index (χ4v) is 5.21. The van der Waals surface area contributed by atoms with Crippen molar-refractivity contribution >= 4 is 16.1 Å². The van der Waals surface area contributed by atoms with Crippen molar-refractivity contribution in [2.45, 2.75) is 23.8 Å². The molecule has 2 aromatic carbocycles. The Kier molecular flexibility index (Phi) is 5.75. The molecule has 30 heavy (non-hydrogen) atoms. The Morgan fingerprint density at radius 2 is 1.60 bits per heavy atom. The molecule has 9 heteroatoms. The minimum absolute atomic E-state index is 0.0920. The van der Waals surface area contributed by atoms with E-state index in [1.165, 1.54) is 34.6 Å². The molecule has 1 N–H and O–H groups in total. The molecular weight excluding hydrogens is 412 g/mol. The first-order valence-corrected chi connectivity index (χ1v) is 11.4. The first-order chi connectivity index (χ1) is 14.4. The van der Waals surface area contributed by atoms with E-state index >= 15 is 0 Å². The molecule has 160 valence electrons. The van der Waals surface area contributed by atoms with E-state index in [4.69, 9.17) is 0 Å². The Balaban J connectivity index is 1.39. The molecule has 1 saturated heterocycles. The molecule has 2 aliphatic rings. The molecule has 1 aliphatic heterocycles. The molecule has 1 unspecified atom stereocenters. The van der Waals surface area contributed by atoms with Gasteiger partial charge in [0.15, 0.2) is 0 Å². The minimum atomic E-state index is -3.95. The number of nitrogens with zero attached hydrogens (tertiary/aromatic N) is 2. The summed E-state index contributed by atoms with van der Waals surface area (Å²) in [5.74, 6) is -0.793. The van der Waals surface area contributed by atoms with E-state index in [1.807, 2.05) is 0 Å². The van der Waals surface area contributed by atoms with Crippen molar-refractivity contribution in [2.75, 3.05) is 26.2 Å². The van der Waals surface area contributed by atoms with Crippen LogP contribution in [0.3, 0.4) is 0 Å². The molecule has 1 heterocycles. The summed E-state index contributed by atoms with van der Waals surface area (Å²) < 4.78 is 53.8. The largest absolute Gasteiger partial charge is 0.331 e. The van der Waals surface area contributed by atoms with Crippen LogP contribution in [-0.2, 0) is 10.0 Å². The third-order valence-corrected chi connectivity index (χ3v) is 7.51. The van der Waals surface area contributed by atoms with Gasteiger partial charge < -0.3 is 10.2 Å². The van der Waals surface area contributed by atoms with Gasteiger partial charge in [-0.3, -0.25) is 0 Å². The van der Waals surface area contributed by atoms with E-state index in [2.05, 4.69) is 5.32 Å². The maximum Gasteiger partial charge on any atom is 0.317 e. The van der Waals surface area contributed by atoms with E-state index in [1.54, 1.807) is 17.0 Å². The number of nitrogens with one attached hydrogen (secondary N) is 1. The van der Waals surface area contributed by atoms with Crippen molar-refractivity contribution in [1.29, 1.82) is 0 Å². The zero-order valence-electron chi connectivity index (χ0n) is 16.3. The van der Waals surface area contributed by atoms with Gasteiger partial charge in [0.25, 0.3) is 0 Å². The number of urea groups is 1. The van der Waals surface area contributed by atoms with Gasteiger partial charge in [-0.05, 0) is 48.6 Å². The summed E-state index contributed by atoms with van der Waals surface area (Å²) in [5, 5.41) is 3.02. The van der Waals surface area contributed by atoms with Crippen LogP contribution in [0.25, 0.3) is 0 Å². The highest BCUT2D eigenvalue weighted by atomic mass is 32.2. The van der Waals surface area contributed by atoms with E-state index in [0.717, 1.165) is 24.5 Å². The predicted octanol–water partition coefficient (Wildman–Crippen LogP) is 3.13. The normalized spacial score (nSPS) is 18.8. The molecule has 2 aromatic rings. The van der Waals surface area contributed by atoms with Gasteiger partial charge in [-0.2, -0.15) is 4.31 Å². The molecule has 0 spiro atoms. The number of carbonyl (C=O) groups is 1. The second-order valence-electron chi connectivity index (χ2n) is 7.64. The Morgan fingerprint density at radius 3 is 2.20 bits per heavy atom. The summed E-state index contributed by atoms with van der Waals surface area (Å²) >= 11 is 0. The second-order valence-corrected chi connectivity index (χ2v) is 9.54. The molecule has 0 radical (unpaired) electrons. The lowest BCUT2D eigenvalue weighted by atomic mass is 10.0. The first-order valence-electron chi connectivity index (χ1n) is 9.92. The van der Waals surface area contributed by atoms with Crippen LogP contribution in [0.1, 0.15) is 24.4 Å². The lowest BCUT2D eigenvalue weighted by Gasteiger charge is -2.35. The SMILES string of the molecule is O=C(NC(c1ccc(F)cc1)C1CC1)N1CCN(S(=O)(=O)c2ccccc2F)CC1. The second kappa shape index (κ2) is 8.31. The highest BCUT2D eigenvalue weighted by Gasteiger charge is 2.36. The fourth-order valence-electron chi connectivity index (χ4n) is 3.72. The van der Waals surface area contributed by atoms with Crippen molar-refractivity contribution in [2.24, 2.45) is 5.92 Å². The van der Waals surface area contributed by atoms with Crippen LogP contribution in [0.2, 0.25) is 0 Å². The van der Waals surface area contributed by atoms with Gasteiger partial charge in [0.05, 0.1) is 6.04 Å². The highest BCUT2D eigenvalue weighted by molar-refractivity contribution is 7.89. The van der Waals surface area contributed by atoms with Crippen molar-refractivity contribution in [1.82, 2.24) is 14.5 Å². The monoisotopic (exact) mass is 435 g/mol. The molecule has 1 aliphatic carbocycles. The lowest BCUT2D eigenvalue weighted by molar-refractivity contribution is 0.167. The quantitative estimate of drug-likeness (QED) is 0.785. The van der Waals surface area contributed by atoms with Crippen LogP contribution in [0.15, 0.2) is 53.4 Å². The first kappa shape index (κ1) is 20.7. The maximum absolute atomic E-state index is 14.0. The van der Waals surface area contributed by atoms with Crippen LogP contribution in [0.4, 0.5) is 13.6 Å². The average Bonchev–Trinajstić information content (AvgIpc) is 3.58. The van der Waals surface area contributed by atoms with Gasteiger partial charge in [0.2, 0.25) is 10.0 Å². The molecule has 2 amide bonds. The van der Waals surface area contributed by atoms with Crippen LogP contribution < -0.4 is 5.32 Å². The molecule has 1 atom stereocenters. The number of amides is 2. The number of benzene rings is 2. The van der Waals surface area contributed by atoms with Gasteiger partial charge in [-0.15, -0.1) is 0 Å². The van der Waals surface area contributed by atoms with Crippen molar-refractivity contribution in [3.63, 3.8) is 0 Å². The summed E-state index contributed by atoms with van der Waals surface area (Å²) in [5.41, 5.74) is 0.855. The summed E-state index contributed by atoms with van der Waals surface area (Å²) in [4.78, 5) is 14.0. The molecule has 2 fully saturated rings. The van der Waals surface area contributed by atoms with Gasteiger partial charge in [0.1, 0.15) is 16.5 Å². The zero-order chi connectivity index (χ0) is 21.3. The predicted molar refractivity (Wildman–Crippen MR) is 107 cm³/mol. The molecular formula is C21H23F2N3O3S. The van der Waals surface area contributed by atoms with Crippen LogP contribution in [0.5, 0.6) is 0 Å². The molecule has 0 bridgehead atoms. The van der Waals surface area contributed by atoms with Gasteiger partial charge in [-0.1, -0.05) is 24.3 Å². The number of sulfonamides is 1. The minimum Gasteiger partial charge on any atom is -0.331 e. The fraction of sp³-hybridized carbons (Fsp3) is 0.381. The summed E-state index contributed by atoms with van der Waals surface area (Å²) in [6, 6.07) is 10.9. The Hall–Kier alpha value is -2.52. The molecule has 1 saturated carbocycles. The van der Waals surface area contributed by atoms with Crippen molar-refractivity contribution < 1.29 is 22.0 Å². The van der Waals surface area contributed by atoms with Crippen molar-refractivity contribution in [3.8, 4) is 0 Å². The van der Waals surface area contributed by atoms with Crippen LogP contribution in [0, 0.1) is 17.6 Å². The number of hydrogen-bond donors (Lipinski definition) is 1. The number of hydrogen-bond acceptors (Lipinski definition) is 3. The number of carbonyl (C=O) groups excluding carboxylic acids is 1. The third kappa shape index (κ3) is 4.32. The summed E-state index contributed by atoms with van der Waals surface area (Å²) in [7, 11) is -3.95. The Labute approximate surface area is 174 Å². The number of rotatable bonds is 5. The van der Waals surface area contributed by atoms with Crippen LogP contribution in [-0.4, -0.2) is 49.8 Å². The van der Waals surface area contributed by atoms with Crippen molar-refractivity contribution in [3.05, 3.63) is 65.7 Å². The molecule has 0 aromatic heterocycles. The highest BCUT2D eigenvalue weighted by Crippen LogP contribution is 2.41.